The lowest BCUT2D eigenvalue weighted by Crippen LogP contribution is -2.31. The minimum atomic E-state index is 0.552. The monoisotopic (exact) mass is 372 g/mol. The molecule has 1 aliphatic carbocycles. The summed E-state index contributed by atoms with van der Waals surface area (Å²) in [4.78, 5) is 0. The van der Waals surface area contributed by atoms with Gasteiger partial charge in [-0.25, -0.2) is 4.57 Å². The number of hydrogen-bond acceptors (Lipinski definition) is 0. The Morgan fingerprint density at radius 3 is 2.29 bits per heavy atom. The number of benzene rings is 2. The molecule has 1 nitrogen and oxygen atoms in total. The molecule has 1 heteroatoms. The number of rotatable bonds is 3. The molecule has 3 aromatic rings. The molecule has 0 spiro atoms. The third kappa shape index (κ3) is 3.26. The van der Waals surface area contributed by atoms with Crippen LogP contribution >= 0.6 is 0 Å². The van der Waals surface area contributed by atoms with E-state index in [4.69, 9.17) is 0 Å². The van der Waals surface area contributed by atoms with E-state index in [9.17, 15) is 0 Å². The second-order valence-corrected chi connectivity index (χ2v) is 9.22. The van der Waals surface area contributed by atoms with Crippen LogP contribution in [-0.4, -0.2) is 0 Å². The van der Waals surface area contributed by atoms with Crippen molar-refractivity contribution in [3.8, 4) is 11.3 Å². The lowest BCUT2D eigenvalue weighted by Gasteiger charge is -2.17. The van der Waals surface area contributed by atoms with E-state index in [1.165, 1.54) is 70.0 Å². The molecule has 4 rings (SSSR count). The highest BCUT2D eigenvalue weighted by Crippen LogP contribution is 2.39. The van der Waals surface area contributed by atoms with Gasteiger partial charge in [0, 0.05) is 5.56 Å². The average Bonchev–Trinajstić information content (AvgIpc) is 3.19. The maximum atomic E-state index is 2.50. The third-order valence-corrected chi connectivity index (χ3v) is 6.90. The molecule has 0 saturated heterocycles. The number of aryl methyl sites for hydroxylation is 3. The van der Waals surface area contributed by atoms with Crippen molar-refractivity contribution in [3.63, 3.8) is 0 Å². The first kappa shape index (κ1) is 19.2. The summed E-state index contributed by atoms with van der Waals surface area (Å²) in [6.07, 6.45) is 7.76. The fraction of sp³-hybridized carbons (Fsp3) is 0.444. The Kier molecular flexibility index (Phi) is 5.04. The molecular weight excluding hydrogens is 338 g/mol. The first-order chi connectivity index (χ1) is 13.4. The van der Waals surface area contributed by atoms with Crippen molar-refractivity contribution in [3.05, 3.63) is 64.3 Å². The molecule has 0 radical (unpaired) electrons. The predicted molar refractivity (Wildman–Crippen MR) is 120 cm³/mol. The molecule has 146 valence electrons. The molecule has 0 atom stereocenters. The first-order valence-electron chi connectivity index (χ1n) is 10.9. The van der Waals surface area contributed by atoms with E-state index in [1.807, 2.05) is 0 Å². The molecule has 0 bridgehead atoms. The van der Waals surface area contributed by atoms with Crippen LogP contribution in [0, 0.1) is 20.8 Å². The van der Waals surface area contributed by atoms with Crippen molar-refractivity contribution < 1.29 is 4.57 Å². The minimum absolute atomic E-state index is 0.552. The average molecular weight is 373 g/mol. The molecule has 1 saturated carbocycles. The quantitative estimate of drug-likeness (QED) is 0.434. The van der Waals surface area contributed by atoms with E-state index < -0.39 is 0 Å². The summed E-state index contributed by atoms with van der Waals surface area (Å²) in [7, 11) is 2.20. The van der Waals surface area contributed by atoms with Crippen molar-refractivity contribution >= 4 is 10.8 Å². The molecule has 1 aromatic heterocycles. The van der Waals surface area contributed by atoms with Crippen molar-refractivity contribution in [2.24, 2.45) is 7.05 Å². The first-order valence-corrected chi connectivity index (χ1v) is 10.9. The molecule has 0 N–H and O–H groups in total. The normalized spacial score (nSPS) is 15.1. The minimum Gasteiger partial charge on any atom is -0.200 e. The Balaban J connectivity index is 1.98. The van der Waals surface area contributed by atoms with Crippen LogP contribution in [-0.2, 0) is 7.05 Å². The van der Waals surface area contributed by atoms with Crippen molar-refractivity contribution in [1.29, 1.82) is 0 Å². The fourth-order valence-corrected chi connectivity index (χ4v) is 5.03. The van der Waals surface area contributed by atoms with Crippen LogP contribution < -0.4 is 4.57 Å². The van der Waals surface area contributed by atoms with Crippen LogP contribution in [0.5, 0.6) is 0 Å². The molecule has 0 amide bonds. The summed E-state index contributed by atoms with van der Waals surface area (Å²) in [5, 5.41) is 2.76. The van der Waals surface area contributed by atoms with Gasteiger partial charge in [-0.2, -0.15) is 0 Å². The molecule has 1 heterocycles. The lowest BCUT2D eigenvalue weighted by atomic mass is 9.88. The van der Waals surface area contributed by atoms with Crippen molar-refractivity contribution in [2.75, 3.05) is 0 Å². The van der Waals surface area contributed by atoms with Crippen LogP contribution in [0.25, 0.3) is 22.0 Å². The number of pyridine rings is 1. The second kappa shape index (κ2) is 7.35. The van der Waals surface area contributed by atoms with Crippen LogP contribution in [0.4, 0.5) is 0 Å². The van der Waals surface area contributed by atoms with Crippen LogP contribution in [0.3, 0.4) is 0 Å². The van der Waals surface area contributed by atoms with Gasteiger partial charge in [-0.05, 0) is 85.2 Å². The van der Waals surface area contributed by atoms with E-state index in [-0.39, 0.29) is 0 Å². The summed E-state index contributed by atoms with van der Waals surface area (Å²) >= 11 is 0. The summed E-state index contributed by atoms with van der Waals surface area (Å²) in [5.41, 5.74) is 9.92. The van der Waals surface area contributed by atoms with Crippen molar-refractivity contribution in [1.82, 2.24) is 0 Å². The van der Waals surface area contributed by atoms with E-state index in [2.05, 4.69) is 82.8 Å². The highest BCUT2D eigenvalue weighted by molar-refractivity contribution is 5.96. The van der Waals surface area contributed by atoms with E-state index >= 15 is 0 Å². The largest absolute Gasteiger partial charge is 0.220 e. The van der Waals surface area contributed by atoms with Gasteiger partial charge in [-0.15, -0.1) is 0 Å². The van der Waals surface area contributed by atoms with Crippen molar-refractivity contribution in [2.45, 2.75) is 72.1 Å². The Morgan fingerprint density at radius 1 is 0.893 bits per heavy atom. The molecule has 28 heavy (non-hydrogen) atoms. The Hall–Kier alpha value is -2.15. The Bertz CT molecular complexity index is 1040. The zero-order valence-corrected chi connectivity index (χ0v) is 18.4. The predicted octanol–water partition coefficient (Wildman–Crippen LogP) is 7.04. The van der Waals surface area contributed by atoms with Crippen LogP contribution in [0.2, 0.25) is 0 Å². The van der Waals surface area contributed by atoms with Gasteiger partial charge in [0.05, 0.1) is 10.9 Å². The van der Waals surface area contributed by atoms with Gasteiger partial charge < -0.3 is 0 Å². The molecular formula is C27H34N+. The van der Waals surface area contributed by atoms with E-state index in [0.717, 1.165) is 5.92 Å². The molecule has 0 aliphatic heterocycles. The highest BCUT2D eigenvalue weighted by Gasteiger charge is 2.24. The fourth-order valence-electron chi connectivity index (χ4n) is 5.03. The lowest BCUT2D eigenvalue weighted by molar-refractivity contribution is -0.659. The summed E-state index contributed by atoms with van der Waals surface area (Å²) in [6, 6.07) is 12.0. The highest BCUT2D eigenvalue weighted by atomic mass is 14.9. The maximum Gasteiger partial charge on any atom is 0.220 e. The molecule has 1 aliphatic rings. The van der Waals surface area contributed by atoms with Gasteiger partial charge in [0.25, 0.3) is 0 Å². The third-order valence-electron chi connectivity index (χ3n) is 6.90. The topological polar surface area (TPSA) is 3.88 Å². The molecule has 1 fully saturated rings. The Labute approximate surface area is 170 Å². The number of nitrogens with zero attached hydrogens (tertiary/aromatic N) is 1. The zero-order valence-electron chi connectivity index (χ0n) is 18.4. The van der Waals surface area contributed by atoms with E-state index in [0.29, 0.717) is 5.92 Å². The standard InChI is InChI=1S/C27H34N/c1-17(2)22-11-12-24-25(14-22)19(4)16-28(6)27(24)26-15-23(13-18(3)20(26)5)21-9-7-8-10-21/h11-17,21H,7-10H2,1-6H3/q+1. The maximum absolute atomic E-state index is 2.50. The zero-order chi connectivity index (χ0) is 20.0. The number of hydrogen-bond donors (Lipinski definition) is 0. The smallest absolute Gasteiger partial charge is 0.200 e. The van der Waals surface area contributed by atoms with Crippen LogP contribution in [0.15, 0.2) is 36.5 Å². The van der Waals surface area contributed by atoms with Gasteiger partial charge in [0.15, 0.2) is 6.20 Å². The summed E-state index contributed by atoms with van der Waals surface area (Å²) in [5.74, 6) is 1.29. The number of aromatic nitrogens is 1. The van der Waals surface area contributed by atoms with Gasteiger partial charge in [-0.1, -0.05) is 44.9 Å². The van der Waals surface area contributed by atoms with Gasteiger partial charge in [0.1, 0.15) is 7.05 Å². The van der Waals surface area contributed by atoms with Gasteiger partial charge in [0.2, 0.25) is 5.69 Å². The van der Waals surface area contributed by atoms with Crippen LogP contribution in [0.1, 0.15) is 79.2 Å². The van der Waals surface area contributed by atoms with Gasteiger partial charge in [-0.3, -0.25) is 0 Å². The second-order valence-electron chi connectivity index (χ2n) is 9.22. The molecule has 0 unspecified atom stereocenters. The van der Waals surface area contributed by atoms with E-state index in [1.54, 1.807) is 5.56 Å². The number of fused-ring (bicyclic) bond motifs is 1. The molecule has 2 aromatic carbocycles. The summed E-state index contributed by atoms with van der Waals surface area (Å²) < 4.78 is 2.34. The van der Waals surface area contributed by atoms with Gasteiger partial charge >= 0.3 is 0 Å². The Morgan fingerprint density at radius 2 is 1.61 bits per heavy atom. The summed E-state index contributed by atoms with van der Waals surface area (Å²) in [6.45, 7) is 11.4. The SMILES string of the molecule is Cc1cc(C2CCCC2)cc(-c2c3ccc(C(C)C)cc3c(C)c[n+]2C)c1C.